The summed E-state index contributed by atoms with van der Waals surface area (Å²) in [6.45, 7) is 7.10. The summed E-state index contributed by atoms with van der Waals surface area (Å²) in [6, 6.07) is 0.608. The molecule has 0 aromatic carbocycles. The number of nitrogens with one attached hydrogen (secondary N) is 1. The Morgan fingerprint density at radius 3 is 2.94 bits per heavy atom. The van der Waals surface area contributed by atoms with Gasteiger partial charge in [0.05, 0.1) is 6.54 Å². The van der Waals surface area contributed by atoms with Crippen molar-refractivity contribution in [3.05, 3.63) is 11.7 Å². The van der Waals surface area contributed by atoms with E-state index in [1.807, 2.05) is 7.05 Å². The number of hydrogen-bond donors (Lipinski definition) is 1. The summed E-state index contributed by atoms with van der Waals surface area (Å²) >= 11 is 0. The summed E-state index contributed by atoms with van der Waals surface area (Å²) in [5.41, 5.74) is 0. The maximum Gasteiger partial charge on any atom is 0.229 e. The largest absolute Gasteiger partial charge is 0.339 e. The number of hydrogen-bond acceptors (Lipinski definition) is 5. The van der Waals surface area contributed by atoms with Crippen LogP contribution in [0.5, 0.6) is 0 Å². The summed E-state index contributed by atoms with van der Waals surface area (Å²) in [4.78, 5) is 6.74. The second-order valence-corrected chi connectivity index (χ2v) is 4.71. The first-order chi connectivity index (χ1) is 7.69. The van der Waals surface area contributed by atoms with Crippen LogP contribution in [-0.4, -0.2) is 41.2 Å². The molecule has 90 valence electrons. The van der Waals surface area contributed by atoms with Gasteiger partial charge in [-0.05, 0) is 13.5 Å². The van der Waals surface area contributed by atoms with Gasteiger partial charge in [-0.15, -0.1) is 0 Å². The Morgan fingerprint density at radius 1 is 1.56 bits per heavy atom. The maximum atomic E-state index is 5.19. The minimum atomic E-state index is 0.310. The van der Waals surface area contributed by atoms with Crippen LogP contribution in [0.4, 0.5) is 0 Å². The average molecular weight is 224 g/mol. The summed E-state index contributed by atoms with van der Waals surface area (Å²) < 4.78 is 5.19. The summed E-state index contributed by atoms with van der Waals surface area (Å²) in [5, 5.41) is 7.30. The molecule has 5 nitrogen and oxygen atoms in total. The van der Waals surface area contributed by atoms with Gasteiger partial charge in [0.25, 0.3) is 0 Å². The van der Waals surface area contributed by atoms with E-state index in [1.54, 1.807) is 0 Å². The Labute approximate surface area is 96.2 Å². The van der Waals surface area contributed by atoms with Crippen LogP contribution in [0.2, 0.25) is 0 Å². The topological polar surface area (TPSA) is 54.2 Å². The predicted octanol–water partition coefficient (Wildman–Crippen LogP) is 0.987. The summed E-state index contributed by atoms with van der Waals surface area (Å²) in [5.74, 6) is 1.85. The lowest BCUT2D eigenvalue weighted by Crippen LogP contribution is -2.29. The van der Waals surface area contributed by atoms with Gasteiger partial charge in [-0.3, -0.25) is 4.90 Å². The van der Waals surface area contributed by atoms with Gasteiger partial charge in [0.2, 0.25) is 5.89 Å². The standard InChI is InChI=1S/C11H20N4O/c1-8(2)11-13-10(14-16-11)7-15-5-4-9(6-15)12-3/h8-9,12H,4-7H2,1-3H3. The third-order valence-corrected chi connectivity index (χ3v) is 3.02. The Hall–Kier alpha value is -0.940. The molecule has 1 N–H and O–H groups in total. The minimum Gasteiger partial charge on any atom is -0.339 e. The first-order valence-corrected chi connectivity index (χ1v) is 5.91. The monoisotopic (exact) mass is 224 g/mol. The van der Waals surface area contributed by atoms with Crippen molar-refractivity contribution in [1.29, 1.82) is 0 Å². The lowest BCUT2D eigenvalue weighted by Gasteiger charge is -2.12. The predicted molar refractivity (Wildman–Crippen MR) is 61.1 cm³/mol. The van der Waals surface area contributed by atoms with E-state index >= 15 is 0 Å². The van der Waals surface area contributed by atoms with Crippen LogP contribution in [-0.2, 0) is 6.54 Å². The molecule has 0 amide bonds. The number of likely N-dealkylation sites (tertiary alicyclic amines) is 1. The Kier molecular flexibility index (Phi) is 3.56. The smallest absolute Gasteiger partial charge is 0.229 e. The number of likely N-dealkylation sites (N-methyl/N-ethyl adjacent to an activating group) is 1. The normalized spacial score (nSPS) is 22.1. The molecule has 16 heavy (non-hydrogen) atoms. The number of rotatable bonds is 4. The molecule has 5 heteroatoms. The molecule has 1 aromatic rings. The van der Waals surface area contributed by atoms with Crippen LogP contribution in [0, 0.1) is 0 Å². The Morgan fingerprint density at radius 2 is 2.38 bits per heavy atom. The second kappa shape index (κ2) is 4.93. The van der Waals surface area contributed by atoms with Crippen molar-refractivity contribution in [2.45, 2.75) is 38.8 Å². The van der Waals surface area contributed by atoms with Crippen LogP contribution in [0.15, 0.2) is 4.52 Å². The number of aromatic nitrogens is 2. The van der Waals surface area contributed by atoms with Crippen LogP contribution >= 0.6 is 0 Å². The summed E-state index contributed by atoms with van der Waals surface area (Å²) in [6.07, 6.45) is 1.20. The first-order valence-electron chi connectivity index (χ1n) is 5.91. The van der Waals surface area contributed by atoms with E-state index < -0.39 is 0 Å². The molecule has 1 unspecified atom stereocenters. The van der Waals surface area contributed by atoms with Gasteiger partial charge < -0.3 is 9.84 Å². The molecule has 1 aromatic heterocycles. The molecule has 0 bridgehead atoms. The van der Waals surface area contributed by atoms with E-state index in [4.69, 9.17) is 4.52 Å². The zero-order chi connectivity index (χ0) is 11.5. The van der Waals surface area contributed by atoms with Gasteiger partial charge in [-0.2, -0.15) is 4.98 Å². The fourth-order valence-corrected chi connectivity index (χ4v) is 1.98. The molecule has 0 radical (unpaired) electrons. The van der Waals surface area contributed by atoms with Gasteiger partial charge in [0.1, 0.15) is 0 Å². The van der Waals surface area contributed by atoms with Gasteiger partial charge in [-0.25, -0.2) is 0 Å². The fourth-order valence-electron chi connectivity index (χ4n) is 1.98. The molecule has 0 saturated carbocycles. The third kappa shape index (κ3) is 2.59. The minimum absolute atomic E-state index is 0.310. The Balaban J connectivity index is 1.89. The van der Waals surface area contributed by atoms with Crippen molar-refractivity contribution in [2.24, 2.45) is 0 Å². The highest BCUT2D eigenvalue weighted by Crippen LogP contribution is 2.14. The quantitative estimate of drug-likeness (QED) is 0.826. The lowest BCUT2D eigenvalue weighted by molar-refractivity contribution is 0.301. The van der Waals surface area contributed by atoms with E-state index in [-0.39, 0.29) is 0 Å². The summed E-state index contributed by atoms with van der Waals surface area (Å²) in [7, 11) is 2.01. The molecule has 2 heterocycles. The van der Waals surface area contributed by atoms with Crippen LogP contribution in [0.3, 0.4) is 0 Å². The first kappa shape index (κ1) is 11.5. The molecule has 0 aliphatic carbocycles. The van der Waals surface area contributed by atoms with Gasteiger partial charge >= 0.3 is 0 Å². The van der Waals surface area contributed by atoms with Crippen molar-refractivity contribution in [1.82, 2.24) is 20.4 Å². The van der Waals surface area contributed by atoms with Crippen molar-refractivity contribution in [3.63, 3.8) is 0 Å². The molecule has 1 fully saturated rings. The van der Waals surface area contributed by atoms with Crippen molar-refractivity contribution >= 4 is 0 Å². The maximum absolute atomic E-state index is 5.19. The molecule has 0 spiro atoms. The zero-order valence-electron chi connectivity index (χ0n) is 10.2. The van der Waals surface area contributed by atoms with E-state index in [1.165, 1.54) is 6.42 Å². The van der Waals surface area contributed by atoms with E-state index in [0.717, 1.165) is 31.3 Å². The highest BCUT2D eigenvalue weighted by Gasteiger charge is 2.22. The molecule has 2 rings (SSSR count). The fraction of sp³-hybridized carbons (Fsp3) is 0.818. The molecule has 1 saturated heterocycles. The SMILES string of the molecule is CNC1CCN(Cc2noc(C(C)C)n2)C1. The molecular formula is C11H20N4O. The molecule has 1 aliphatic heterocycles. The molecular weight excluding hydrogens is 204 g/mol. The number of nitrogens with zero attached hydrogens (tertiary/aromatic N) is 3. The third-order valence-electron chi connectivity index (χ3n) is 3.02. The molecule has 1 atom stereocenters. The highest BCUT2D eigenvalue weighted by molar-refractivity contribution is 4.92. The van der Waals surface area contributed by atoms with Crippen LogP contribution < -0.4 is 5.32 Å². The zero-order valence-corrected chi connectivity index (χ0v) is 10.2. The van der Waals surface area contributed by atoms with Gasteiger partial charge in [0.15, 0.2) is 5.82 Å². The van der Waals surface area contributed by atoms with E-state index in [2.05, 4.69) is 34.2 Å². The van der Waals surface area contributed by atoms with E-state index in [0.29, 0.717) is 12.0 Å². The highest BCUT2D eigenvalue weighted by atomic mass is 16.5. The van der Waals surface area contributed by atoms with Gasteiger partial charge in [0, 0.05) is 25.0 Å². The second-order valence-electron chi connectivity index (χ2n) is 4.71. The van der Waals surface area contributed by atoms with Crippen molar-refractivity contribution < 1.29 is 4.52 Å². The average Bonchev–Trinajstić information content (AvgIpc) is 2.87. The van der Waals surface area contributed by atoms with Crippen molar-refractivity contribution in [3.8, 4) is 0 Å². The van der Waals surface area contributed by atoms with Gasteiger partial charge in [-0.1, -0.05) is 19.0 Å². The molecule has 1 aliphatic rings. The van der Waals surface area contributed by atoms with E-state index in [9.17, 15) is 0 Å². The van der Waals surface area contributed by atoms with Crippen LogP contribution in [0.25, 0.3) is 0 Å². The van der Waals surface area contributed by atoms with Crippen molar-refractivity contribution in [2.75, 3.05) is 20.1 Å². The lowest BCUT2D eigenvalue weighted by atomic mass is 10.2. The van der Waals surface area contributed by atoms with Crippen LogP contribution in [0.1, 0.15) is 37.9 Å². The Bertz CT molecular complexity index is 336.